The molecule has 2 heterocycles. The summed E-state index contributed by atoms with van der Waals surface area (Å²) in [5.41, 5.74) is 0.881. The highest BCUT2D eigenvalue weighted by atomic mass is 35.5. The van der Waals surface area contributed by atoms with Crippen molar-refractivity contribution in [1.29, 1.82) is 0 Å². The van der Waals surface area contributed by atoms with Crippen LogP contribution < -0.4 is 25.6 Å². The first kappa shape index (κ1) is 17.1. The molecule has 0 spiro atoms. The zero-order valence-electron chi connectivity index (χ0n) is 13.2. The van der Waals surface area contributed by atoms with Crippen molar-refractivity contribution in [2.24, 2.45) is 0 Å². The Labute approximate surface area is 162 Å². The SMILES string of the molecule is C=c1[nH]n(-c2ccc(Cl)c(Cl)c2)c(=O)/c1=C\c1cc2c(cc1Cl)OCO2. The van der Waals surface area contributed by atoms with Crippen LogP contribution in [0.2, 0.25) is 15.1 Å². The van der Waals surface area contributed by atoms with Crippen molar-refractivity contribution in [2.75, 3.05) is 6.79 Å². The number of nitrogens with zero attached hydrogens (tertiary/aromatic N) is 1. The van der Waals surface area contributed by atoms with Crippen LogP contribution in [0.15, 0.2) is 35.1 Å². The van der Waals surface area contributed by atoms with E-state index in [-0.39, 0.29) is 12.4 Å². The summed E-state index contributed by atoms with van der Waals surface area (Å²) in [5, 5.41) is 4.93. The van der Waals surface area contributed by atoms with Crippen molar-refractivity contribution in [3.8, 4) is 17.2 Å². The van der Waals surface area contributed by atoms with Crippen molar-refractivity contribution < 1.29 is 9.47 Å². The van der Waals surface area contributed by atoms with E-state index >= 15 is 0 Å². The molecule has 132 valence electrons. The molecule has 1 N–H and O–H groups in total. The van der Waals surface area contributed by atoms with Crippen LogP contribution in [0.25, 0.3) is 18.3 Å². The van der Waals surface area contributed by atoms with Gasteiger partial charge in [0.1, 0.15) is 0 Å². The lowest BCUT2D eigenvalue weighted by molar-refractivity contribution is 0.174. The number of ether oxygens (including phenoxy) is 2. The number of hydrogen-bond donors (Lipinski definition) is 1. The molecule has 0 atom stereocenters. The van der Waals surface area contributed by atoms with Crippen LogP contribution in [-0.4, -0.2) is 16.6 Å². The molecular formula is C18H11Cl3N2O3. The minimum absolute atomic E-state index is 0.143. The van der Waals surface area contributed by atoms with Crippen LogP contribution >= 0.6 is 34.8 Å². The molecule has 1 aliphatic rings. The highest BCUT2D eigenvalue weighted by Crippen LogP contribution is 2.36. The minimum Gasteiger partial charge on any atom is -0.454 e. The van der Waals surface area contributed by atoms with Gasteiger partial charge in [-0.25, -0.2) is 4.68 Å². The molecule has 0 radical (unpaired) electrons. The number of H-pyrrole nitrogens is 1. The fourth-order valence-corrected chi connectivity index (χ4v) is 3.15. The molecule has 0 fully saturated rings. The summed E-state index contributed by atoms with van der Waals surface area (Å²) in [6, 6.07) is 8.28. The van der Waals surface area contributed by atoms with Crippen molar-refractivity contribution in [3.05, 3.63) is 71.9 Å². The average molecular weight is 410 g/mol. The number of benzene rings is 2. The predicted octanol–water partition coefficient (Wildman–Crippen LogP) is 3.09. The summed E-state index contributed by atoms with van der Waals surface area (Å²) < 4.78 is 12.0. The van der Waals surface area contributed by atoms with Gasteiger partial charge in [0.25, 0.3) is 5.56 Å². The van der Waals surface area contributed by atoms with Gasteiger partial charge in [0.05, 0.1) is 31.3 Å². The molecule has 4 rings (SSSR count). The molecule has 0 amide bonds. The molecule has 2 aromatic carbocycles. The predicted molar refractivity (Wildman–Crippen MR) is 102 cm³/mol. The number of aromatic nitrogens is 2. The zero-order valence-corrected chi connectivity index (χ0v) is 15.5. The molecule has 0 saturated carbocycles. The van der Waals surface area contributed by atoms with Crippen LogP contribution in [0.4, 0.5) is 0 Å². The Morgan fingerprint density at radius 2 is 1.77 bits per heavy atom. The van der Waals surface area contributed by atoms with Gasteiger partial charge in [-0.3, -0.25) is 9.89 Å². The Hall–Kier alpha value is -2.34. The van der Waals surface area contributed by atoms with Crippen molar-refractivity contribution in [3.63, 3.8) is 0 Å². The Bertz CT molecular complexity index is 1200. The zero-order chi connectivity index (χ0) is 18.4. The average Bonchev–Trinajstić information content (AvgIpc) is 3.16. The lowest BCUT2D eigenvalue weighted by Gasteiger charge is -2.02. The third-order valence-electron chi connectivity index (χ3n) is 3.96. The summed E-state index contributed by atoms with van der Waals surface area (Å²) in [6.07, 6.45) is 1.65. The fraction of sp³-hybridized carbons (Fsp3) is 0.0556. The van der Waals surface area contributed by atoms with Gasteiger partial charge in [-0.1, -0.05) is 41.4 Å². The van der Waals surface area contributed by atoms with Crippen molar-refractivity contribution in [1.82, 2.24) is 9.78 Å². The lowest BCUT2D eigenvalue weighted by Crippen LogP contribution is -2.34. The number of hydrogen-bond acceptors (Lipinski definition) is 3. The van der Waals surface area contributed by atoms with Gasteiger partial charge in [0.15, 0.2) is 11.5 Å². The Morgan fingerprint density at radius 3 is 2.50 bits per heavy atom. The molecule has 0 unspecified atom stereocenters. The van der Waals surface area contributed by atoms with E-state index < -0.39 is 0 Å². The third-order valence-corrected chi connectivity index (χ3v) is 5.02. The van der Waals surface area contributed by atoms with Crippen molar-refractivity contribution >= 4 is 47.5 Å². The molecule has 0 aliphatic carbocycles. The fourth-order valence-electron chi connectivity index (χ4n) is 2.65. The molecule has 1 aliphatic heterocycles. The molecule has 0 saturated heterocycles. The Morgan fingerprint density at radius 1 is 1.04 bits per heavy atom. The smallest absolute Gasteiger partial charge is 0.279 e. The molecular weight excluding hydrogens is 399 g/mol. The van der Waals surface area contributed by atoms with Crippen LogP contribution in [0.1, 0.15) is 5.56 Å². The molecule has 3 aromatic rings. The summed E-state index contributed by atoms with van der Waals surface area (Å²) >= 11 is 18.3. The van der Waals surface area contributed by atoms with Gasteiger partial charge in [0, 0.05) is 6.07 Å². The van der Waals surface area contributed by atoms with E-state index in [1.54, 1.807) is 36.4 Å². The summed E-state index contributed by atoms with van der Waals surface area (Å²) in [5.74, 6) is 1.15. The normalized spacial score (nSPS) is 13.4. The second kappa shape index (κ2) is 6.43. The molecule has 1 aromatic heterocycles. The first-order chi connectivity index (χ1) is 12.4. The van der Waals surface area contributed by atoms with Gasteiger partial charge in [-0.15, -0.1) is 0 Å². The van der Waals surface area contributed by atoms with E-state index in [9.17, 15) is 4.79 Å². The van der Waals surface area contributed by atoms with Gasteiger partial charge in [-0.2, -0.15) is 0 Å². The number of halogens is 3. The monoisotopic (exact) mass is 408 g/mol. The molecule has 5 nitrogen and oxygen atoms in total. The molecule has 0 bridgehead atoms. The minimum atomic E-state index is -0.290. The second-order valence-corrected chi connectivity index (χ2v) is 6.84. The van der Waals surface area contributed by atoms with E-state index in [2.05, 4.69) is 11.7 Å². The van der Waals surface area contributed by atoms with Crippen molar-refractivity contribution in [2.45, 2.75) is 0 Å². The van der Waals surface area contributed by atoms with E-state index in [1.165, 1.54) is 4.68 Å². The largest absolute Gasteiger partial charge is 0.454 e. The number of fused-ring (bicyclic) bond motifs is 1. The highest BCUT2D eigenvalue weighted by molar-refractivity contribution is 6.42. The quantitative estimate of drug-likeness (QED) is 0.708. The number of nitrogens with one attached hydrogen (secondary N) is 1. The van der Waals surface area contributed by atoms with Gasteiger partial charge >= 0.3 is 0 Å². The summed E-state index contributed by atoms with van der Waals surface area (Å²) in [6.45, 7) is 4.04. The molecule has 26 heavy (non-hydrogen) atoms. The topological polar surface area (TPSA) is 56.2 Å². The maximum Gasteiger partial charge on any atom is 0.279 e. The maximum absolute atomic E-state index is 12.8. The lowest BCUT2D eigenvalue weighted by atomic mass is 10.1. The van der Waals surface area contributed by atoms with E-state index in [0.29, 0.717) is 48.4 Å². The number of aromatic amines is 1. The van der Waals surface area contributed by atoms with E-state index in [0.717, 1.165) is 0 Å². The Kier molecular flexibility index (Phi) is 4.23. The summed E-state index contributed by atoms with van der Waals surface area (Å²) in [4.78, 5) is 12.8. The Balaban J connectivity index is 1.88. The first-order valence-corrected chi connectivity index (χ1v) is 8.64. The number of rotatable bonds is 2. The van der Waals surface area contributed by atoms with Crippen LogP contribution in [0, 0.1) is 0 Å². The third kappa shape index (κ3) is 2.88. The first-order valence-electron chi connectivity index (χ1n) is 7.50. The molecule has 8 heteroatoms. The van der Waals surface area contributed by atoms with Gasteiger partial charge in [-0.05, 0) is 35.9 Å². The second-order valence-electron chi connectivity index (χ2n) is 5.61. The maximum atomic E-state index is 12.8. The van der Waals surface area contributed by atoms with E-state index in [1.807, 2.05) is 0 Å². The highest BCUT2D eigenvalue weighted by Gasteiger charge is 2.16. The van der Waals surface area contributed by atoms with Crippen LogP contribution in [0.3, 0.4) is 0 Å². The standard InChI is InChI=1S/C18H11Cl3N2O3/c1-9-12(4-10-5-16-17(7-14(10)20)26-8-25-16)18(24)23(22-9)11-2-3-13(19)15(21)6-11/h2-7,22H,1,8H2/b12-4-. The van der Waals surface area contributed by atoms with Crippen LogP contribution in [-0.2, 0) is 0 Å². The van der Waals surface area contributed by atoms with Crippen LogP contribution in [0.5, 0.6) is 11.5 Å². The van der Waals surface area contributed by atoms with E-state index in [4.69, 9.17) is 44.3 Å². The van der Waals surface area contributed by atoms with Gasteiger partial charge < -0.3 is 9.47 Å². The van der Waals surface area contributed by atoms with Gasteiger partial charge in [0.2, 0.25) is 6.79 Å². The summed E-state index contributed by atoms with van der Waals surface area (Å²) in [7, 11) is 0.